The second kappa shape index (κ2) is 10.2. The van der Waals surface area contributed by atoms with E-state index in [1.165, 1.54) is 5.69 Å². The lowest BCUT2D eigenvalue weighted by Crippen LogP contribution is -2.43. The number of aromatic nitrogens is 1. The highest BCUT2D eigenvalue weighted by molar-refractivity contribution is 7.13. The minimum Gasteiger partial charge on any atom is -0.369 e. The number of carbonyl (C=O) groups is 1. The number of nitriles is 1. The number of hydrogen-bond donors (Lipinski definition) is 2. The van der Waals surface area contributed by atoms with Crippen molar-refractivity contribution in [3.05, 3.63) is 35.3 Å². The summed E-state index contributed by atoms with van der Waals surface area (Å²) in [5.41, 5.74) is 3.50. The van der Waals surface area contributed by atoms with E-state index in [2.05, 4.69) is 52.1 Å². The van der Waals surface area contributed by atoms with E-state index in [4.69, 9.17) is 10.2 Å². The van der Waals surface area contributed by atoms with Gasteiger partial charge in [-0.1, -0.05) is 6.92 Å². The number of thiazole rings is 1. The summed E-state index contributed by atoms with van der Waals surface area (Å²) in [5, 5.41) is 17.6. The number of piperazine rings is 1. The summed E-state index contributed by atoms with van der Waals surface area (Å²) in [6.45, 7) is 6.39. The normalized spacial score (nSPS) is 15.1. The van der Waals surface area contributed by atoms with E-state index in [1.807, 2.05) is 6.07 Å². The largest absolute Gasteiger partial charge is 0.369 e. The van der Waals surface area contributed by atoms with Gasteiger partial charge in [0.15, 0.2) is 0 Å². The fourth-order valence-electron chi connectivity index (χ4n) is 3.33. The molecule has 1 aromatic heterocycles. The first kappa shape index (κ1) is 20.3. The molecular weight excluding hydrogens is 370 g/mol. The molecule has 2 heterocycles. The molecule has 1 atom stereocenters. The fraction of sp³-hybridized carbons (Fsp3) is 0.476. The molecule has 28 heavy (non-hydrogen) atoms. The van der Waals surface area contributed by atoms with Crippen molar-refractivity contribution >= 4 is 22.9 Å². The third kappa shape index (κ3) is 5.78. The van der Waals surface area contributed by atoms with Crippen molar-refractivity contribution in [3.63, 3.8) is 0 Å². The van der Waals surface area contributed by atoms with Crippen LogP contribution in [0.2, 0.25) is 0 Å². The average molecular weight is 398 g/mol. The van der Waals surface area contributed by atoms with Gasteiger partial charge in [-0.2, -0.15) is 5.26 Å². The van der Waals surface area contributed by atoms with Crippen LogP contribution >= 0.6 is 11.3 Å². The van der Waals surface area contributed by atoms with E-state index < -0.39 is 0 Å². The van der Waals surface area contributed by atoms with Crippen LogP contribution in [-0.2, 0) is 11.2 Å². The van der Waals surface area contributed by atoms with Crippen LogP contribution < -0.4 is 15.5 Å². The van der Waals surface area contributed by atoms with Gasteiger partial charge >= 0.3 is 0 Å². The standard InChI is InChI=1S/C21H27N5OS/c1-16(2-7-20(27)24-9-8-22)14-18-15-28-21(25-18)17-3-5-19(6-4-17)26-12-10-23-11-13-26/h3-6,15-16,23H,2,7,9-14H2,1H3,(H,24,27). The lowest BCUT2D eigenvalue weighted by molar-refractivity contribution is -0.121. The molecule has 1 amide bonds. The Morgan fingerprint density at radius 1 is 1.36 bits per heavy atom. The first-order chi connectivity index (χ1) is 13.7. The van der Waals surface area contributed by atoms with Gasteiger partial charge in [-0.15, -0.1) is 11.3 Å². The molecule has 1 fully saturated rings. The van der Waals surface area contributed by atoms with E-state index in [-0.39, 0.29) is 12.5 Å². The summed E-state index contributed by atoms with van der Waals surface area (Å²) in [6.07, 6.45) is 2.11. The third-order valence-electron chi connectivity index (χ3n) is 4.93. The van der Waals surface area contributed by atoms with Crippen molar-refractivity contribution in [3.8, 4) is 16.6 Å². The number of carbonyl (C=O) groups excluding carboxylic acids is 1. The zero-order chi connectivity index (χ0) is 19.8. The molecule has 1 aliphatic rings. The molecule has 2 N–H and O–H groups in total. The quantitative estimate of drug-likeness (QED) is 0.670. The zero-order valence-corrected chi connectivity index (χ0v) is 17.1. The minimum absolute atomic E-state index is 0.0584. The number of amides is 1. The van der Waals surface area contributed by atoms with Crippen molar-refractivity contribution in [2.45, 2.75) is 26.2 Å². The molecule has 148 valence electrons. The van der Waals surface area contributed by atoms with Gasteiger partial charge < -0.3 is 15.5 Å². The average Bonchev–Trinajstić information content (AvgIpc) is 3.20. The third-order valence-corrected chi connectivity index (χ3v) is 5.87. The Hall–Kier alpha value is -2.43. The minimum atomic E-state index is -0.0584. The predicted molar refractivity (Wildman–Crippen MR) is 113 cm³/mol. The molecule has 2 aromatic rings. The van der Waals surface area contributed by atoms with Crippen molar-refractivity contribution in [2.24, 2.45) is 5.92 Å². The van der Waals surface area contributed by atoms with Gasteiger partial charge in [0.05, 0.1) is 11.8 Å². The molecular formula is C21H27N5OS. The SMILES string of the molecule is CC(CCC(=O)NCC#N)Cc1csc(-c2ccc(N3CCNCC3)cc2)n1. The van der Waals surface area contributed by atoms with Gasteiger partial charge in [-0.05, 0) is 43.0 Å². The summed E-state index contributed by atoms with van der Waals surface area (Å²) in [6, 6.07) is 10.6. The van der Waals surface area contributed by atoms with Crippen molar-refractivity contribution < 1.29 is 4.79 Å². The molecule has 1 unspecified atom stereocenters. The van der Waals surface area contributed by atoms with Crippen molar-refractivity contribution in [1.29, 1.82) is 5.26 Å². The van der Waals surface area contributed by atoms with Gasteiger partial charge in [0, 0.05) is 49.2 Å². The fourth-order valence-corrected chi connectivity index (χ4v) is 4.17. The number of benzene rings is 1. The molecule has 0 saturated carbocycles. The smallest absolute Gasteiger partial charge is 0.220 e. The maximum atomic E-state index is 11.6. The Morgan fingerprint density at radius 2 is 2.11 bits per heavy atom. The predicted octanol–water partition coefficient (Wildman–Crippen LogP) is 2.82. The summed E-state index contributed by atoms with van der Waals surface area (Å²) in [4.78, 5) is 18.8. The van der Waals surface area contributed by atoms with E-state index >= 15 is 0 Å². The van der Waals surface area contributed by atoms with Crippen LogP contribution in [-0.4, -0.2) is 43.6 Å². The van der Waals surface area contributed by atoms with Crippen LogP contribution in [0.3, 0.4) is 0 Å². The van der Waals surface area contributed by atoms with E-state index in [9.17, 15) is 4.79 Å². The van der Waals surface area contributed by atoms with Crippen LogP contribution in [0.1, 0.15) is 25.5 Å². The van der Waals surface area contributed by atoms with Crippen molar-refractivity contribution in [2.75, 3.05) is 37.6 Å². The highest BCUT2D eigenvalue weighted by Gasteiger charge is 2.13. The van der Waals surface area contributed by atoms with Gasteiger partial charge in [0.1, 0.15) is 11.6 Å². The number of anilines is 1. The lowest BCUT2D eigenvalue weighted by Gasteiger charge is -2.29. The Labute approximate surface area is 170 Å². The molecule has 0 bridgehead atoms. The monoisotopic (exact) mass is 397 g/mol. The molecule has 7 heteroatoms. The molecule has 1 aromatic carbocycles. The first-order valence-corrected chi connectivity index (χ1v) is 10.7. The molecule has 0 radical (unpaired) electrons. The summed E-state index contributed by atoms with van der Waals surface area (Å²) in [5.74, 6) is 0.315. The topological polar surface area (TPSA) is 81.0 Å². The number of hydrogen-bond acceptors (Lipinski definition) is 6. The molecule has 0 spiro atoms. The summed E-state index contributed by atoms with van der Waals surface area (Å²) >= 11 is 1.67. The van der Waals surface area contributed by atoms with E-state index in [1.54, 1.807) is 11.3 Å². The number of nitrogens with zero attached hydrogens (tertiary/aromatic N) is 3. The van der Waals surface area contributed by atoms with Gasteiger partial charge in [0.2, 0.25) is 5.91 Å². The van der Waals surface area contributed by atoms with Gasteiger partial charge in [0.25, 0.3) is 0 Å². The first-order valence-electron chi connectivity index (χ1n) is 9.80. The van der Waals surface area contributed by atoms with Crippen molar-refractivity contribution in [1.82, 2.24) is 15.6 Å². The Kier molecular flexibility index (Phi) is 7.40. The maximum Gasteiger partial charge on any atom is 0.220 e. The Morgan fingerprint density at radius 3 is 2.82 bits per heavy atom. The van der Waals surface area contributed by atoms with Crippen LogP contribution in [0.25, 0.3) is 10.6 Å². The number of rotatable bonds is 8. The Bertz CT molecular complexity index is 805. The second-order valence-electron chi connectivity index (χ2n) is 7.21. The summed E-state index contributed by atoms with van der Waals surface area (Å²) < 4.78 is 0. The highest BCUT2D eigenvalue weighted by atomic mass is 32.1. The molecule has 3 rings (SSSR count). The Balaban J connectivity index is 1.52. The molecule has 1 aliphatic heterocycles. The van der Waals surface area contributed by atoms with E-state index in [0.29, 0.717) is 12.3 Å². The zero-order valence-electron chi connectivity index (χ0n) is 16.3. The molecule has 0 aliphatic carbocycles. The molecule has 6 nitrogen and oxygen atoms in total. The highest BCUT2D eigenvalue weighted by Crippen LogP contribution is 2.27. The van der Waals surface area contributed by atoms with Crippen LogP contribution in [0.4, 0.5) is 5.69 Å². The lowest BCUT2D eigenvalue weighted by atomic mass is 10.00. The molecule has 1 saturated heterocycles. The van der Waals surface area contributed by atoms with Gasteiger partial charge in [-0.3, -0.25) is 4.79 Å². The van der Waals surface area contributed by atoms with Crippen LogP contribution in [0.5, 0.6) is 0 Å². The van der Waals surface area contributed by atoms with Crippen LogP contribution in [0, 0.1) is 17.2 Å². The second-order valence-corrected chi connectivity index (χ2v) is 8.07. The van der Waals surface area contributed by atoms with Crippen LogP contribution in [0.15, 0.2) is 29.6 Å². The van der Waals surface area contributed by atoms with E-state index in [0.717, 1.165) is 55.3 Å². The number of nitrogens with one attached hydrogen (secondary N) is 2. The maximum absolute atomic E-state index is 11.6. The summed E-state index contributed by atoms with van der Waals surface area (Å²) in [7, 11) is 0. The van der Waals surface area contributed by atoms with Gasteiger partial charge in [-0.25, -0.2) is 4.98 Å².